The maximum Gasteiger partial charge on any atom is 0.338 e. The van der Waals surface area contributed by atoms with Gasteiger partial charge in [0.25, 0.3) is 0 Å². The fourth-order valence-corrected chi connectivity index (χ4v) is 4.01. The molecule has 0 aromatic heterocycles. The van der Waals surface area contributed by atoms with Gasteiger partial charge in [-0.3, -0.25) is 9.10 Å². The molecule has 2 aromatic carbocycles. The molecule has 0 heterocycles. The number of hydrogen-bond acceptors (Lipinski definition) is 5. The van der Waals surface area contributed by atoms with E-state index in [1.54, 1.807) is 31.2 Å². The summed E-state index contributed by atoms with van der Waals surface area (Å²) in [5.41, 5.74) is 3.28. The Balaban J connectivity index is 2.01. The Morgan fingerprint density at radius 3 is 2.50 bits per heavy atom. The normalized spacial score (nSPS) is 11.1. The van der Waals surface area contributed by atoms with Crippen molar-refractivity contribution in [1.29, 1.82) is 0 Å². The zero-order valence-electron chi connectivity index (χ0n) is 17.8. The number of esters is 1. The average Bonchev–Trinajstić information content (AvgIpc) is 2.67. The van der Waals surface area contributed by atoms with Crippen LogP contribution in [0.2, 0.25) is 0 Å². The highest BCUT2D eigenvalue weighted by atomic mass is 32.2. The molecule has 1 N–H and O–H groups in total. The third kappa shape index (κ3) is 6.59. The molecule has 0 radical (unpaired) electrons. The van der Waals surface area contributed by atoms with Crippen LogP contribution in [0.5, 0.6) is 0 Å². The van der Waals surface area contributed by atoms with Gasteiger partial charge in [0.1, 0.15) is 0 Å². The third-order valence-electron chi connectivity index (χ3n) is 4.46. The van der Waals surface area contributed by atoms with Crippen LogP contribution in [0.1, 0.15) is 41.3 Å². The number of nitrogens with one attached hydrogen (secondary N) is 1. The van der Waals surface area contributed by atoms with E-state index >= 15 is 0 Å². The number of aryl methyl sites for hydroxylation is 2. The second-order valence-corrected chi connectivity index (χ2v) is 8.98. The van der Waals surface area contributed by atoms with Crippen molar-refractivity contribution < 1.29 is 22.7 Å². The molecule has 0 aliphatic carbocycles. The van der Waals surface area contributed by atoms with Gasteiger partial charge in [0.05, 0.1) is 24.1 Å². The number of amides is 1. The lowest BCUT2D eigenvalue weighted by molar-refractivity contribution is -0.116. The van der Waals surface area contributed by atoms with Gasteiger partial charge >= 0.3 is 5.97 Å². The molecule has 0 spiro atoms. The summed E-state index contributed by atoms with van der Waals surface area (Å²) < 4.78 is 30.9. The molecule has 0 atom stereocenters. The monoisotopic (exact) mass is 432 g/mol. The molecular formula is C22H28N2O5S. The summed E-state index contributed by atoms with van der Waals surface area (Å²) in [6.07, 6.45) is 1.65. The highest BCUT2D eigenvalue weighted by molar-refractivity contribution is 7.92. The Kier molecular flexibility index (Phi) is 8.00. The van der Waals surface area contributed by atoms with Crippen LogP contribution >= 0.6 is 0 Å². The van der Waals surface area contributed by atoms with Gasteiger partial charge in [-0.1, -0.05) is 18.2 Å². The number of nitrogens with zero attached hydrogens (tertiary/aromatic N) is 1. The Bertz CT molecular complexity index is 1020. The standard InChI is InChI=1S/C22H28N2O5S/c1-5-29-22(26)18-8-6-9-19(15-18)23-21(25)10-7-13-24(30(4,27)28)20-14-16(2)11-12-17(20)3/h6,8-9,11-12,14-15H,5,7,10,13H2,1-4H3,(H,23,25). The van der Waals surface area contributed by atoms with Gasteiger partial charge in [0.2, 0.25) is 15.9 Å². The van der Waals surface area contributed by atoms with Gasteiger partial charge in [-0.2, -0.15) is 0 Å². The highest BCUT2D eigenvalue weighted by Gasteiger charge is 2.19. The molecule has 2 rings (SSSR count). The Labute approximate surface area is 178 Å². The van der Waals surface area contributed by atoms with Crippen LogP contribution in [0.4, 0.5) is 11.4 Å². The number of anilines is 2. The van der Waals surface area contributed by atoms with Crippen molar-refractivity contribution in [3.05, 3.63) is 59.2 Å². The van der Waals surface area contributed by atoms with Crippen LogP contribution in [0.25, 0.3) is 0 Å². The van der Waals surface area contributed by atoms with Crippen molar-refractivity contribution in [2.24, 2.45) is 0 Å². The van der Waals surface area contributed by atoms with E-state index in [-0.39, 0.29) is 25.5 Å². The smallest absolute Gasteiger partial charge is 0.338 e. The zero-order chi connectivity index (χ0) is 22.3. The number of ether oxygens (including phenoxy) is 1. The molecule has 0 fully saturated rings. The lowest BCUT2D eigenvalue weighted by atomic mass is 10.1. The number of carbonyl (C=O) groups is 2. The van der Waals surface area contributed by atoms with Crippen LogP contribution in [0.3, 0.4) is 0 Å². The summed E-state index contributed by atoms with van der Waals surface area (Å²) in [6.45, 7) is 5.95. The molecule has 162 valence electrons. The molecular weight excluding hydrogens is 404 g/mol. The van der Waals surface area contributed by atoms with E-state index in [4.69, 9.17) is 4.74 Å². The van der Waals surface area contributed by atoms with Gasteiger partial charge in [-0.15, -0.1) is 0 Å². The van der Waals surface area contributed by atoms with E-state index in [9.17, 15) is 18.0 Å². The van der Waals surface area contributed by atoms with E-state index in [0.717, 1.165) is 17.4 Å². The van der Waals surface area contributed by atoms with Gasteiger partial charge in [-0.05, 0) is 62.6 Å². The molecule has 1 amide bonds. The summed E-state index contributed by atoms with van der Waals surface area (Å²) in [4.78, 5) is 24.1. The Morgan fingerprint density at radius 1 is 1.10 bits per heavy atom. The minimum absolute atomic E-state index is 0.139. The van der Waals surface area contributed by atoms with E-state index in [1.165, 1.54) is 4.31 Å². The number of hydrogen-bond donors (Lipinski definition) is 1. The lowest BCUT2D eigenvalue weighted by Gasteiger charge is -2.24. The summed E-state index contributed by atoms with van der Waals surface area (Å²) >= 11 is 0. The number of rotatable bonds is 9. The van der Waals surface area contributed by atoms with Gasteiger partial charge in [0.15, 0.2) is 0 Å². The molecule has 0 bridgehead atoms. The summed E-state index contributed by atoms with van der Waals surface area (Å²) in [7, 11) is -3.48. The van der Waals surface area contributed by atoms with Crippen molar-refractivity contribution in [3.8, 4) is 0 Å². The molecule has 0 saturated carbocycles. The summed E-state index contributed by atoms with van der Waals surface area (Å²) in [6, 6.07) is 12.1. The SMILES string of the molecule is CCOC(=O)c1cccc(NC(=O)CCCN(c2cc(C)ccc2C)S(C)(=O)=O)c1. The molecule has 0 unspecified atom stereocenters. The van der Waals surface area contributed by atoms with Crippen molar-refractivity contribution >= 4 is 33.3 Å². The first-order valence-electron chi connectivity index (χ1n) is 9.74. The predicted octanol–water partition coefficient (Wildman–Crippen LogP) is 3.67. The summed E-state index contributed by atoms with van der Waals surface area (Å²) in [5.74, 6) is -0.712. The van der Waals surface area contributed by atoms with E-state index in [2.05, 4.69) is 5.32 Å². The van der Waals surface area contributed by atoms with E-state index < -0.39 is 16.0 Å². The third-order valence-corrected chi connectivity index (χ3v) is 5.64. The lowest BCUT2D eigenvalue weighted by Crippen LogP contribution is -2.32. The maximum atomic E-state index is 12.3. The molecule has 7 nitrogen and oxygen atoms in total. The maximum absolute atomic E-state index is 12.3. The molecule has 8 heteroatoms. The highest BCUT2D eigenvalue weighted by Crippen LogP contribution is 2.24. The minimum atomic E-state index is -3.48. The molecule has 30 heavy (non-hydrogen) atoms. The first kappa shape index (κ1) is 23.4. The molecule has 0 aliphatic heterocycles. The van der Waals surface area contributed by atoms with Crippen molar-refractivity contribution in [2.45, 2.75) is 33.6 Å². The zero-order valence-corrected chi connectivity index (χ0v) is 18.6. The Hall–Kier alpha value is -2.87. The van der Waals surface area contributed by atoms with Crippen molar-refractivity contribution in [1.82, 2.24) is 0 Å². The van der Waals surface area contributed by atoms with Gasteiger partial charge in [0, 0.05) is 18.7 Å². The van der Waals surface area contributed by atoms with Crippen LogP contribution in [-0.2, 0) is 19.6 Å². The van der Waals surface area contributed by atoms with Crippen molar-refractivity contribution in [3.63, 3.8) is 0 Å². The van der Waals surface area contributed by atoms with Crippen molar-refractivity contribution in [2.75, 3.05) is 29.0 Å². The van der Waals surface area contributed by atoms with E-state index in [1.807, 2.05) is 32.0 Å². The quantitative estimate of drug-likeness (QED) is 0.611. The number of sulfonamides is 1. The van der Waals surface area contributed by atoms with Crippen LogP contribution in [0.15, 0.2) is 42.5 Å². The average molecular weight is 433 g/mol. The van der Waals surface area contributed by atoms with Gasteiger partial charge in [-0.25, -0.2) is 13.2 Å². The molecule has 0 saturated heterocycles. The Morgan fingerprint density at radius 2 is 1.83 bits per heavy atom. The van der Waals surface area contributed by atoms with E-state index in [0.29, 0.717) is 23.4 Å². The topological polar surface area (TPSA) is 92.8 Å². The first-order valence-corrected chi connectivity index (χ1v) is 11.6. The largest absolute Gasteiger partial charge is 0.462 e. The van der Waals surface area contributed by atoms with Crippen LogP contribution < -0.4 is 9.62 Å². The fourth-order valence-electron chi connectivity index (χ4n) is 3.00. The first-order chi connectivity index (χ1) is 14.1. The number of benzene rings is 2. The second-order valence-electron chi connectivity index (χ2n) is 7.08. The van der Waals surface area contributed by atoms with Crippen LogP contribution in [-0.4, -0.2) is 39.7 Å². The summed E-state index contributed by atoms with van der Waals surface area (Å²) in [5, 5.41) is 2.74. The minimum Gasteiger partial charge on any atom is -0.462 e. The molecule has 0 aliphatic rings. The number of carbonyl (C=O) groups excluding carboxylic acids is 2. The predicted molar refractivity (Wildman–Crippen MR) is 118 cm³/mol. The second kappa shape index (κ2) is 10.2. The molecule has 2 aromatic rings. The van der Waals surface area contributed by atoms with Crippen LogP contribution in [0, 0.1) is 13.8 Å². The van der Waals surface area contributed by atoms with Gasteiger partial charge < -0.3 is 10.1 Å². The fraction of sp³-hybridized carbons (Fsp3) is 0.364.